The van der Waals surface area contributed by atoms with Gasteiger partial charge in [0.2, 0.25) is 0 Å². The minimum absolute atomic E-state index is 0.556. The molecule has 2 atom stereocenters. The Kier molecular flexibility index (Phi) is 5.11. The van der Waals surface area contributed by atoms with Crippen LogP contribution in [-0.4, -0.2) is 35.1 Å². The van der Waals surface area contributed by atoms with E-state index in [-0.39, 0.29) is 0 Å². The highest BCUT2D eigenvalue weighted by atomic mass is 32.2. The fourth-order valence-electron chi connectivity index (χ4n) is 2.50. The fourth-order valence-corrected chi connectivity index (χ4v) is 3.60. The van der Waals surface area contributed by atoms with Crippen LogP contribution in [0.25, 0.3) is 0 Å². The van der Waals surface area contributed by atoms with Gasteiger partial charge in [0.25, 0.3) is 0 Å². The van der Waals surface area contributed by atoms with Crippen molar-refractivity contribution in [2.45, 2.75) is 45.5 Å². The third kappa shape index (κ3) is 3.63. The van der Waals surface area contributed by atoms with E-state index >= 15 is 0 Å². The van der Waals surface area contributed by atoms with Crippen molar-refractivity contribution in [2.75, 3.05) is 23.7 Å². The molecule has 2 unspecified atom stereocenters. The second-order valence-corrected chi connectivity index (χ2v) is 6.75. The quantitative estimate of drug-likeness (QED) is 0.917. The van der Waals surface area contributed by atoms with Gasteiger partial charge in [0.1, 0.15) is 5.82 Å². The van der Waals surface area contributed by atoms with E-state index in [1.54, 1.807) is 0 Å². The van der Waals surface area contributed by atoms with Crippen LogP contribution < -0.4 is 10.2 Å². The topological polar surface area (TPSA) is 28.2 Å². The molecule has 3 nitrogen and oxygen atoms in total. The van der Waals surface area contributed by atoms with E-state index in [9.17, 15) is 0 Å². The second kappa shape index (κ2) is 6.62. The molecule has 2 heterocycles. The van der Waals surface area contributed by atoms with E-state index in [1.165, 1.54) is 11.3 Å². The molecule has 0 amide bonds. The average molecular weight is 279 g/mol. The van der Waals surface area contributed by atoms with Crippen LogP contribution in [0.3, 0.4) is 0 Å². The van der Waals surface area contributed by atoms with Crippen molar-refractivity contribution in [2.24, 2.45) is 0 Å². The Morgan fingerprint density at radius 1 is 1.42 bits per heavy atom. The van der Waals surface area contributed by atoms with E-state index < -0.39 is 0 Å². The molecule has 106 valence electrons. The molecular formula is C15H25N3S. The zero-order valence-electron chi connectivity index (χ0n) is 12.4. The van der Waals surface area contributed by atoms with Crippen LogP contribution in [-0.2, 0) is 6.54 Å². The van der Waals surface area contributed by atoms with Crippen LogP contribution in [0.5, 0.6) is 0 Å². The lowest BCUT2D eigenvalue weighted by atomic mass is 10.1. The van der Waals surface area contributed by atoms with E-state index in [4.69, 9.17) is 4.98 Å². The number of rotatable bonds is 4. The average Bonchev–Trinajstić information content (AvgIpc) is 2.39. The third-order valence-corrected chi connectivity index (χ3v) is 5.09. The summed E-state index contributed by atoms with van der Waals surface area (Å²) in [4.78, 5) is 7.20. The van der Waals surface area contributed by atoms with Crippen molar-refractivity contribution >= 4 is 17.6 Å². The number of pyridine rings is 1. The molecule has 1 N–H and O–H groups in total. The number of hydrogen-bond acceptors (Lipinski definition) is 4. The maximum atomic E-state index is 4.74. The molecule has 2 rings (SSSR count). The van der Waals surface area contributed by atoms with Crippen molar-refractivity contribution in [1.82, 2.24) is 10.3 Å². The van der Waals surface area contributed by atoms with Crippen molar-refractivity contribution < 1.29 is 0 Å². The van der Waals surface area contributed by atoms with Gasteiger partial charge in [-0.2, -0.15) is 11.8 Å². The summed E-state index contributed by atoms with van der Waals surface area (Å²) in [6, 6.07) is 4.98. The van der Waals surface area contributed by atoms with Gasteiger partial charge in [-0.25, -0.2) is 4.98 Å². The Morgan fingerprint density at radius 2 is 2.21 bits per heavy atom. The first-order valence-corrected chi connectivity index (χ1v) is 8.23. The first-order valence-electron chi connectivity index (χ1n) is 7.18. The van der Waals surface area contributed by atoms with E-state index in [0.717, 1.165) is 31.1 Å². The number of nitrogens with one attached hydrogen (secondary N) is 1. The maximum Gasteiger partial charge on any atom is 0.129 e. The normalized spacial score (nSPS) is 23.7. The third-order valence-electron chi connectivity index (χ3n) is 3.76. The highest BCUT2D eigenvalue weighted by molar-refractivity contribution is 8.00. The molecule has 0 bridgehead atoms. The summed E-state index contributed by atoms with van der Waals surface area (Å²) < 4.78 is 0. The summed E-state index contributed by atoms with van der Waals surface area (Å²) in [5.41, 5.74) is 2.45. The Morgan fingerprint density at radius 3 is 2.95 bits per heavy atom. The van der Waals surface area contributed by atoms with Gasteiger partial charge in [0, 0.05) is 35.8 Å². The van der Waals surface area contributed by atoms with Crippen LogP contribution in [0.4, 0.5) is 5.82 Å². The Bertz CT molecular complexity index is 422. The number of hydrogen-bond donors (Lipinski definition) is 1. The van der Waals surface area contributed by atoms with Crippen molar-refractivity contribution in [1.29, 1.82) is 0 Å². The molecular weight excluding hydrogens is 254 g/mol. The van der Waals surface area contributed by atoms with Gasteiger partial charge in [-0.05, 0) is 38.1 Å². The molecule has 1 aromatic rings. The van der Waals surface area contributed by atoms with Crippen molar-refractivity contribution in [3.8, 4) is 0 Å². The predicted molar refractivity (Wildman–Crippen MR) is 85.1 cm³/mol. The molecule has 19 heavy (non-hydrogen) atoms. The van der Waals surface area contributed by atoms with Crippen LogP contribution in [0.15, 0.2) is 12.1 Å². The first-order chi connectivity index (χ1) is 9.11. The van der Waals surface area contributed by atoms with Gasteiger partial charge in [-0.3, -0.25) is 0 Å². The molecule has 0 aromatic carbocycles. The Hall–Kier alpha value is -0.740. The summed E-state index contributed by atoms with van der Waals surface area (Å²) in [7, 11) is 0. The van der Waals surface area contributed by atoms with Crippen molar-refractivity contribution in [3.63, 3.8) is 0 Å². The van der Waals surface area contributed by atoms with Crippen molar-refractivity contribution in [3.05, 3.63) is 23.4 Å². The molecule has 1 aromatic heterocycles. The smallest absolute Gasteiger partial charge is 0.129 e. The number of aryl methyl sites for hydroxylation is 1. The van der Waals surface area contributed by atoms with E-state index in [0.29, 0.717) is 11.3 Å². The van der Waals surface area contributed by atoms with Gasteiger partial charge in [-0.15, -0.1) is 0 Å². The number of aromatic nitrogens is 1. The van der Waals surface area contributed by atoms with Gasteiger partial charge in [0.15, 0.2) is 0 Å². The van der Waals surface area contributed by atoms with E-state index in [2.05, 4.69) is 61.8 Å². The number of nitrogens with zero attached hydrogens (tertiary/aromatic N) is 2. The van der Waals surface area contributed by atoms with Crippen LogP contribution in [0, 0.1) is 6.92 Å². The summed E-state index contributed by atoms with van der Waals surface area (Å²) in [5.74, 6) is 2.34. The summed E-state index contributed by atoms with van der Waals surface area (Å²) >= 11 is 2.07. The molecule has 0 spiro atoms. The summed E-state index contributed by atoms with van der Waals surface area (Å²) in [6.07, 6.45) is 0. The highest BCUT2D eigenvalue weighted by Crippen LogP contribution is 2.28. The standard InChI is InChI=1S/C15H25N3S/c1-5-16-10-14-8-11(2)17-15(9-14)18-6-7-19-13(4)12(18)3/h8-9,12-13,16H,5-7,10H2,1-4H3. The lowest BCUT2D eigenvalue weighted by Crippen LogP contribution is -2.45. The maximum absolute atomic E-state index is 4.74. The molecule has 1 fully saturated rings. The van der Waals surface area contributed by atoms with Gasteiger partial charge >= 0.3 is 0 Å². The largest absolute Gasteiger partial charge is 0.352 e. The fraction of sp³-hybridized carbons (Fsp3) is 0.667. The highest BCUT2D eigenvalue weighted by Gasteiger charge is 2.26. The molecule has 4 heteroatoms. The molecule has 1 aliphatic heterocycles. The minimum Gasteiger partial charge on any atom is -0.352 e. The Balaban J connectivity index is 2.20. The lowest BCUT2D eigenvalue weighted by molar-refractivity contribution is 0.618. The zero-order valence-corrected chi connectivity index (χ0v) is 13.3. The molecule has 1 saturated heterocycles. The Labute approximate surface area is 121 Å². The molecule has 0 saturated carbocycles. The molecule has 0 aliphatic carbocycles. The van der Waals surface area contributed by atoms with E-state index in [1.807, 2.05) is 0 Å². The number of anilines is 1. The predicted octanol–water partition coefficient (Wildman–Crippen LogP) is 2.83. The van der Waals surface area contributed by atoms with Gasteiger partial charge in [0.05, 0.1) is 0 Å². The monoisotopic (exact) mass is 279 g/mol. The van der Waals surface area contributed by atoms with Gasteiger partial charge in [-0.1, -0.05) is 13.8 Å². The second-order valence-electron chi connectivity index (χ2n) is 5.27. The molecule has 1 aliphatic rings. The van der Waals surface area contributed by atoms with Gasteiger partial charge < -0.3 is 10.2 Å². The van der Waals surface area contributed by atoms with Crippen LogP contribution in [0.1, 0.15) is 32.0 Å². The SMILES string of the molecule is CCNCc1cc(C)nc(N2CCSC(C)C2C)c1. The molecule has 0 radical (unpaired) electrons. The van der Waals surface area contributed by atoms with Crippen LogP contribution in [0.2, 0.25) is 0 Å². The minimum atomic E-state index is 0.556. The zero-order chi connectivity index (χ0) is 13.8. The summed E-state index contributed by atoms with van der Waals surface area (Å²) in [6.45, 7) is 11.9. The van der Waals surface area contributed by atoms with Crippen LogP contribution >= 0.6 is 11.8 Å². The lowest BCUT2D eigenvalue weighted by Gasteiger charge is -2.38. The first kappa shape index (κ1) is 14.7. The number of thioether (sulfide) groups is 1. The summed E-state index contributed by atoms with van der Waals surface area (Å²) in [5, 5.41) is 4.07.